The molecule has 0 spiro atoms. The van der Waals surface area contributed by atoms with Gasteiger partial charge in [0.1, 0.15) is 5.75 Å². The zero-order chi connectivity index (χ0) is 12.7. The normalized spacial score (nSPS) is 10.3. The molecule has 2 nitrogen and oxygen atoms in total. The number of hydrogen-bond donors (Lipinski definition) is 0. The summed E-state index contributed by atoms with van der Waals surface area (Å²) in [5, 5.41) is 8.51. The Balaban J connectivity index is 2.73. The summed E-state index contributed by atoms with van der Waals surface area (Å²) in [5.41, 5.74) is 2.61. The molecular formula is C15H21NO. The van der Waals surface area contributed by atoms with Gasteiger partial charge in [0.25, 0.3) is 0 Å². The Bertz CT molecular complexity index is 390. The van der Waals surface area contributed by atoms with Crippen molar-refractivity contribution in [1.82, 2.24) is 0 Å². The molecule has 0 aliphatic carbocycles. The fourth-order valence-corrected chi connectivity index (χ4v) is 1.87. The van der Waals surface area contributed by atoms with Gasteiger partial charge in [-0.3, -0.25) is 0 Å². The van der Waals surface area contributed by atoms with Crippen LogP contribution in [0, 0.1) is 11.3 Å². The van der Waals surface area contributed by atoms with Crippen LogP contribution in [0.2, 0.25) is 0 Å². The van der Waals surface area contributed by atoms with Gasteiger partial charge in [0.15, 0.2) is 0 Å². The van der Waals surface area contributed by atoms with E-state index in [9.17, 15) is 0 Å². The molecule has 0 heterocycles. The number of methoxy groups -OCH3 is 1. The van der Waals surface area contributed by atoms with Gasteiger partial charge in [0, 0.05) is 6.42 Å². The lowest BCUT2D eigenvalue weighted by atomic mass is 9.97. The molecule has 0 aliphatic heterocycles. The van der Waals surface area contributed by atoms with Crippen LogP contribution in [-0.2, 0) is 6.42 Å². The van der Waals surface area contributed by atoms with E-state index in [0.29, 0.717) is 12.3 Å². The maximum Gasteiger partial charge on any atom is 0.122 e. The summed E-state index contributed by atoms with van der Waals surface area (Å²) in [6.45, 7) is 4.39. The minimum absolute atomic E-state index is 0.541. The predicted molar refractivity (Wildman–Crippen MR) is 70.3 cm³/mol. The van der Waals surface area contributed by atoms with Gasteiger partial charge in [-0.05, 0) is 42.4 Å². The molecule has 2 heteroatoms. The molecule has 0 amide bonds. The van der Waals surface area contributed by atoms with Crippen molar-refractivity contribution < 1.29 is 4.74 Å². The lowest BCUT2D eigenvalue weighted by Gasteiger charge is -2.12. The van der Waals surface area contributed by atoms with Crippen molar-refractivity contribution in [2.24, 2.45) is 0 Å². The average molecular weight is 231 g/mol. The number of aryl methyl sites for hydroxylation is 1. The third-order valence-corrected chi connectivity index (χ3v) is 2.96. The van der Waals surface area contributed by atoms with Gasteiger partial charge < -0.3 is 4.74 Å². The third kappa shape index (κ3) is 4.11. The average Bonchev–Trinajstić information content (AvgIpc) is 2.34. The Kier molecular flexibility index (Phi) is 5.56. The molecule has 0 N–H and O–H groups in total. The van der Waals surface area contributed by atoms with Crippen LogP contribution in [0.1, 0.15) is 50.2 Å². The van der Waals surface area contributed by atoms with Crippen LogP contribution in [0.4, 0.5) is 0 Å². The summed E-state index contributed by atoms with van der Waals surface area (Å²) in [7, 11) is 1.71. The standard InChI is InChI=1S/C15H21NO/c1-12(2)13-8-9-15(17-3)14(11-13)7-5-4-6-10-16/h8-9,11-12H,4-7H2,1-3H3. The van der Waals surface area contributed by atoms with Gasteiger partial charge in [0.2, 0.25) is 0 Å². The summed E-state index contributed by atoms with van der Waals surface area (Å²) in [6, 6.07) is 8.59. The first-order chi connectivity index (χ1) is 8.19. The molecule has 0 aromatic heterocycles. The van der Waals surface area contributed by atoms with Gasteiger partial charge in [-0.1, -0.05) is 26.0 Å². The largest absolute Gasteiger partial charge is 0.496 e. The van der Waals surface area contributed by atoms with Gasteiger partial charge >= 0.3 is 0 Å². The van der Waals surface area contributed by atoms with Crippen LogP contribution in [-0.4, -0.2) is 7.11 Å². The SMILES string of the molecule is COc1ccc(C(C)C)cc1CCCCC#N. The van der Waals surface area contributed by atoms with E-state index in [1.165, 1.54) is 11.1 Å². The lowest BCUT2D eigenvalue weighted by molar-refractivity contribution is 0.408. The summed E-state index contributed by atoms with van der Waals surface area (Å²) < 4.78 is 5.37. The van der Waals surface area contributed by atoms with Crippen molar-refractivity contribution >= 4 is 0 Å². The van der Waals surface area contributed by atoms with E-state index in [1.54, 1.807) is 7.11 Å². The van der Waals surface area contributed by atoms with E-state index in [1.807, 2.05) is 0 Å². The first-order valence-corrected chi connectivity index (χ1v) is 6.22. The van der Waals surface area contributed by atoms with Crippen LogP contribution in [0.5, 0.6) is 5.75 Å². The van der Waals surface area contributed by atoms with Crippen molar-refractivity contribution in [3.8, 4) is 11.8 Å². The molecule has 0 radical (unpaired) electrons. The molecule has 0 atom stereocenters. The van der Waals surface area contributed by atoms with Crippen LogP contribution < -0.4 is 4.74 Å². The fraction of sp³-hybridized carbons (Fsp3) is 0.533. The fourth-order valence-electron chi connectivity index (χ4n) is 1.87. The monoisotopic (exact) mass is 231 g/mol. The van der Waals surface area contributed by atoms with E-state index < -0.39 is 0 Å². The number of nitrogens with zero attached hydrogens (tertiary/aromatic N) is 1. The van der Waals surface area contributed by atoms with Crippen molar-refractivity contribution in [3.63, 3.8) is 0 Å². The van der Waals surface area contributed by atoms with Crippen LogP contribution in [0.3, 0.4) is 0 Å². The summed E-state index contributed by atoms with van der Waals surface area (Å²) in [4.78, 5) is 0. The predicted octanol–water partition coefficient (Wildman–Crippen LogP) is 4.05. The van der Waals surface area contributed by atoms with Crippen LogP contribution in [0.15, 0.2) is 18.2 Å². The number of nitriles is 1. The molecule has 0 saturated carbocycles. The van der Waals surface area contributed by atoms with E-state index >= 15 is 0 Å². The van der Waals surface area contributed by atoms with Gasteiger partial charge in [0.05, 0.1) is 13.2 Å². The third-order valence-electron chi connectivity index (χ3n) is 2.96. The molecule has 0 saturated heterocycles. The Morgan fingerprint density at radius 1 is 1.29 bits per heavy atom. The second-order valence-electron chi connectivity index (χ2n) is 4.59. The highest BCUT2D eigenvalue weighted by molar-refractivity contribution is 5.38. The van der Waals surface area contributed by atoms with Crippen molar-refractivity contribution in [1.29, 1.82) is 5.26 Å². The number of ether oxygens (including phenoxy) is 1. The molecule has 92 valence electrons. The summed E-state index contributed by atoms with van der Waals surface area (Å²) in [6.07, 6.45) is 3.65. The van der Waals surface area contributed by atoms with E-state index in [2.05, 4.69) is 38.1 Å². The number of benzene rings is 1. The smallest absolute Gasteiger partial charge is 0.122 e. The molecule has 1 aromatic rings. The highest BCUT2D eigenvalue weighted by Gasteiger charge is 2.06. The molecule has 17 heavy (non-hydrogen) atoms. The van der Waals surface area contributed by atoms with Crippen molar-refractivity contribution in [3.05, 3.63) is 29.3 Å². The van der Waals surface area contributed by atoms with Gasteiger partial charge in [-0.2, -0.15) is 5.26 Å². The second-order valence-corrected chi connectivity index (χ2v) is 4.59. The first kappa shape index (κ1) is 13.6. The maximum absolute atomic E-state index is 8.51. The van der Waals surface area contributed by atoms with E-state index in [-0.39, 0.29) is 0 Å². The Labute approximate surface area is 104 Å². The molecular weight excluding hydrogens is 210 g/mol. The maximum atomic E-state index is 8.51. The van der Waals surface area contributed by atoms with Crippen molar-refractivity contribution in [2.75, 3.05) is 7.11 Å². The second kappa shape index (κ2) is 6.96. The number of hydrogen-bond acceptors (Lipinski definition) is 2. The van der Waals surface area contributed by atoms with Crippen LogP contribution in [0.25, 0.3) is 0 Å². The Hall–Kier alpha value is -1.49. The van der Waals surface area contributed by atoms with Gasteiger partial charge in [-0.15, -0.1) is 0 Å². The quantitative estimate of drug-likeness (QED) is 0.692. The molecule has 0 unspecified atom stereocenters. The summed E-state index contributed by atoms with van der Waals surface area (Å²) in [5.74, 6) is 1.50. The lowest BCUT2D eigenvalue weighted by Crippen LogP contribution is -1.96. The van der Waals surface area contributed by atoms with Crippen molar-refractivity contribution in [2.45, 2.75) is 45.4 Å². The first-order valence-electron chi connectivity index (χ1n) is 6.22. The minimum atomic E-state index is 0.541. The molecule has 0 aliphatic rings. The summed E-state index contributed by atoms with van der Waals surface area (Å²) >= 11 is 0. The van der Waals surface area contributed by atoms with Crippen LogP contribution >= 0.6 is 0 Å². The van der Waals surface area contributed by atoms with E-state index in [0.717, 1.165) is 25.0 Å². The Morgan fingerprint density at radius 3 is 2.65 bits per heavy atom. The number of unbranched alkanes of at least 4 members (excludes halogenated alkanes) is 2. The van der Waals surface area contributed by atoms with Gasteiger partial charge in [-0.25, -0.2) is 0 Å². The molecule has 0 fully saturated rings. The zero-order valence-electron chi connectivity index (χ0n) is 11.0. The molecule has 1 aromatic carbocycles. The Morgan fingerprint density at radius 2 is 2.06 bits per heavy atom. The highest BCUT2D eigenvalue weighted by atomic mass is 16.5. The molecule has 0 bridgehead atoms. The highest BCUT2D eigenvalue weighted by Crippen LogP contribution is 2.25. The molecule has 1 rings (SSSR count). The minimum Gasteiger partial charge on any atom is -0.496 e. The van der Waals surface area contributed by atoms with E-state index in [4.69, 9.17) is 10.00 Å². The topological polar surface area (TPSA) is 33.0 Å². The number of rotatable bonds is 6. The zero-order valence-corrected chi connectivity index (χ0v) is 11.0.